The van der Waals surface area contributed by atoms with E-state index in [2.05, 4.69) is 31.6 Å². The lowest BCUT2D eigenvalue weighted by molar-refractivity contribution is -0.131. The highest BCUT2D eigenvalue weighted by Gasteiger charge is 2.34. The van der Waals surface area contributed by atoms with E-state index in [-0.39, 0.29) is 18.2 Å². The standard InChI is InChI=1S/C43H59N7O5/c1-30(55-33-19-9-6-10-20-33)39-43(54)46-26-16-4-2-3-15-25-45-37(27-31-17-7-5-8-18-31)41(52)49-38(28-32-29-47-35-22-12-11-21-34(32)35)42(53)48-36(40(51)50-39)23-13-14-24-44/h5-12,17-22,29-30,36-40,45,47,50-51H,2-4,13-16,23-28,44H2,1H3,(H,46,54)(H,48,53)(H,49,52)/t30-,36+,37+,38-,39+,40?/m1/s1. The molecule has 0 saturated carbocycles. The predicted molar refractivity (Wildman–Crippen MR) is 216 cm³/mol. The Bertz CT molecular complexity index is 1750. The number of hydrogen-bond donors (Lipinski definition) is 8. The van der Waals surface area contributed by atoms with Gasteiger partial charge < -0.3 is 41.8 Å². The number of nitrogens with two attached hydrogens (primary N) is 1. The van der Waals surface area contributed by atoms with Gasteiger partial charge in [0.1, 0.15) is 30.2 Å². The summed E-state index contributed by atoms with van der Waals surface area (Å²) in [5, 5.41) is 28.5. The average Bonchev–Trinajstić information content (AvgIpc) is 3.60. The molecule has 12 nitrogen and oxygen atoms in total. The van der Waals surface area contributed by atoms with Gasteiger partial charge in [0.15, 0.2) is 0 Å². The summed E-state index contributed by atoms with van der Waals surface area (Å²) < 4.78 is 6.17. The largest absolute Gasteiger partial charge is 0.489 e. The second-order valence-electron chi connectivity index (χ2n) is 14.5. The lowest BCUT2D eigenvalue weighted by Gasteiger charge is -2.32. The van der Waals surface area contributed by atoms with Crippen molar-refractivity contribution >= 4 is 28.6 Å². The lowest BCUT2D eigenvalue weighted by atomic mass is 10.0. The molecule has 1 aliphatic heterocycles. The molecule has 0 radical (unpaired) electrons. The number of aliphatic hydroxyl groups is 1. The van der Waals surface area contributed by atoms with Gasteiger partial charge in [-0.2, -0.15) is 0 Å². The number of fused-ring (bicyclic) bond motifs is 1. The van der Waals surface area contributed by atoms with Crippen LogP contribution in [0.15, 0.2) is 91.1 Å². The number of carbonyl (C=O) groups is 3. The molecule has 0 aliphatic carbocycles. The fourth-order valence-corrected chi connectivity index (χ4v) is 7.09. The number of hydrogen-bond acceptors (Lipinski definition) is 8. The molecule has 296 valence electrons. The Kier molecular flexibility index (Phi) is 16.5. The Morgan fingerprint density at radius 3 is 2.20 bits per heavy atom. The van der Waals surface area contributed by atoms with E-state index in [1.165, 1.54) is 0 Å². The first-order valence-electron chi connectivity index (χ1n) is 19.9. The van der Waals surface area contributed by atoms with Crippen molar-refractivity contribution in [3.05, 3.63) is 102 Å². The van der Waals surface area contributed by atoms with Crippen LogP contribution in [0.4, 0.5) is 0 Å². The first kappa shape index (κ1) is 41.4. The zero-order valence-corrected chi connectivity index (χ0v) is 32.0. The number of carbonyl (C=O) groups excluding carboxylic acids is 3. The maximum Gasteiger partial charge on any atom is 0.243 e. The minimum Gasteiger partial charge on any atom is -0.489 e. The second kappa shape index (κ2) is 22.0. The van der Waals surface area contributed by atoms with Gasteiger partial charge in [0.25, 0.3) is 0 Å². The Hall–Kier alpha value is -4.75. The van der Waals surface area contributed by atoms with Crippen molar-refractivity contribution in [2.24, 2.45) is 5.73 Å². The molecule has 3 amide bonds. The van der Waals surface area contributed by atoms with Crippen molar-refractivity contribution in [2.75, 3.05) is 19.6 Å². The number of amides is 3. The highest BCUT2D eigenvalue weighted by molar-refractivity contribution is 5.91. The SMILES string of the molecule is C[C@@H](Oc1ccccc1)[C@@H]1NC(O)[C@H](CCCCN)NC(=O)[C@@H](Cc2c[nH]c3ccccc23)NC(=O)[C@H](Cc2ccccc2)NCCCCCCCNC1=O. The third kappa shape index (κ3) is 12.9. The zero-order valence-electron chi connectivity index (χ0n) is 32.0. The van der Waals surface area contributed by atoms with E-state index in [9.17, 15) is 19.5 Å². The smallest absolute Gasteiger partial charge is 0.243 e. The second-order valence-corrected chi connectivity index (χ2v) is 14.5. The highest BCUT2D eigenvalue weighted by atomic mass is 16.5. The predicted octanol–water partition coefficient (Wildman–Crippen LogP) is 3.83. The van der Waals surface area contributed by atoms with Gasteiger partial charge in [-0.3, -0.25) is 19.7 Å². The van der Waals surface area contributed by atoms with E-state index >= 15 is 0 Å². The maximum atomic E-state index is 14.4. The fraction of sp³-hybridized carbons (Fsp3) is 0.465. The van der Waals surface area contributed by atoms with Crippen LogP contribution >= 0.6 is 0 Å². The first-order valence-corrected chi connectivity index (χ1v) is 19.9. The van der Waals surface area contributed by atoms with E-state index < -0.39 is 42.4 Å². The van der Waals surface area contributed by atoms with Gasteiger partial charge in [0, 0.05) is 30.1 Å². The Balaban J connectivity index is 1.44. The van der Waals surface area contributed by atoms with E-state index in [1.807, 2.05) is 91.1 Å². The molecule has 1 aromatic heterocycles. The van der Waals surface area contributed by atoms with Gasteiger partial charge in [0.2, 0.25) is 17.7 Å². The summed E-state index contributed by atoms with van der Waals surface area (Å²) in [6.45, 7) is 3.36. The molecule has 12 heteroatoms. The molecule has 1 aliphatic rings. The molecule has 55 heavy (non-hydrogen) atoms. The number of aromatic amines is 1. The molecular weight excluding hydrogens is 695 g/mol. The van der Waals surface area contributed by atoms with E-state index in [0.29, 0.717) is 51.1 Å². The van der Waals surface area contributed by atoms with Crippen molar-refractivity contribution in [2.45, 2.75) is 108 Å². The molecule has 9 N–H and O–H groups in total. The van der Waals surface area contributed by atoms with Gasteiger partial charge >= 0.3 is 0 Å². The van der Waals surface area contributed by atoms with Crippen LogP contribution < -0.4 is 37.1 Å². The summed E-state index contributed by atoms with van der Waals surface area (Å²) >= 11 is 0. The van der Waals surface area contributed by atoms with Crippen LogP contribution in [0.1, 0.15) is 69.4 Å². The Morgan fingerprint density at radius 2 is 1.44 bits per heavy atom. The molecule has 2 heterocycles. The van der Waals surface area contributed by atoms with Crippen molar-refractivity contribution in [1.82, 2.24) is 31.6 Å². The topological polar surface area (TPSA) is 183 Å². The number of ether oxygens (including phenoxy) is 1. The maximum absolute atomic E-state index is 14.4. The zero-order chi connectivity index (χ0) is 38.8. The van der Waals surface area contributed by atoms with Crippen molar-refractivity contribution < 1.29 is 24.2 Å². The number of para-hydroxylation sites is 2. The van der Waals surface area contributed by atoms with Gasteiger partial charge in [-0.25, -0.2) is 0 Å². The minimum atomic E-state index is -1.33. The van der Waals surface area contributed by atoms with Crippen LogP contribution in [0, 0.1) is 0 Å². The normalized spacial score (nSPS) is 23.3. The summed E-state index contributed by atoms with van der Waals surface area (Å²) in [5.74, 6) is -0.434. The van der Waals surface area contributed by atoms with Crippen LogP contribution in [0.5, 0.6) is 5.75 Å². The van der Waals surface area contributed by atoms with Crippen molar-refractivity contribution in [3.8, 4) is 5.75 Å². The number of aromatic nitrogens is 1. The van der Waals surface area contributed by atoms with Gasteiger partial charge in [0.05, 0.1) is 12.1 Å². The Labute approximate surface area is 324 Å². The highest BCUT2D eigenvalue weighted by Crippen LogP contribution is 2.20. The van der Waals surface area contributed by atoms with Crippen LogP contribution in [-0.2, 0) is 27.2 Å². The van der Waals surface area contributed by atoms with Gasteiger partial charge in [-0.1, -0.05) is 92.4 Å². The van der Waals surface area contributed by atoms with Crippen LogP contribution in [0.25, 0.3) is 10.9 Å². The number of rotatable bonds is 11. The number of aliphatic hydroxyl groups excluding tert-OH is 1. The molecule has 0 spiro atoms. The lowest BCUT2D eigenvalue weighted by Crippen LogP contribution is -2.62. The van der Waals surface area contributed by atoms with Crippen LogP contribution in [0.2, 0.25) is 0 Å². The van der Waals surface area contributed by atoms with E-state index in [0.717, 1.165) is 54.1 Å². The number of unbranched alkanes of at least 4 members (excludes halogenated alkanes) is 1. The molecular formula is C43H59N7O5. The average molecular weight is 754 g/mol. The van der Waals surface area contributed by atoms with Crippen LogP contribution in [0.3, 0.4) is 0 Å². The summed E-state index contributed by atoms with van der Waals surface area (Å²) in [6.07, 6.45) is 6.80. The van der Waals surface area contributed by atoms with Crippen LogP contribution in [-0.4, -0.2) is 83.9 Å². The molecule has 5 rings (SSSR count). The third-order valence-electron chi connectivity index (χ3n) is 10.2. The number of benzene rings is 3. The van der Waals surface area contributed by atoms with Gasteiger partial charge in [-0.05, 0) is 81.4 Å². The monoisotopic (exact) mass is 753 g/mol. The first-order chi connectivity index (χ1) is 26.8. The number of H-pyrrole nitrogens is 1. The molecule has 6 atom stereocenters. The Morgan fingerprint density at radius 1 is 0.764 bits per heavy atom. The molecule has 1 unspecified atom stereocenters. The molecule has 3 aromatic carbocycles. The van der Waals surface area contributed by atoms with E-state index in [4.69, 9.17) is 10.5 Å². The summed E-state index contributed by atoms with van der Waals surface area (Å²) in [5.41, 5.74) is 8.65. The molecule has 1 fully saturated rings. The quantitative estimate of drug-likeness (QED) is 0.106. The minimum absolute atomic E-state index is 0.214. The summed E-state index contributed by atoms with van der Waals surface area (Å²) in [4.78, 5) is 45.6. The summed E-state index contributed by atoms with van der Waals surface area (Å²) in [7, 11) is 0. The molecule has 0 bridgehead atoms. The third-order valence-corrected chi connectivity index (χ3v) is 10.2. The van der Waals surface area contributed by atoms with E-state index in [1.54, 1.807) is 6.92 Å². The molecule has 4 aromatic rings. The van der Waals surface area contributed by atoms with Crippen molar-refractivity contribution in [3.63, 3.8) is 0 Å². The van der Waals surface area contributed by atoms with Crippen molar-refractivity contribution in [1.29, 1.82) is 0 Å². The van der Waals surface area contributed by atoms with Gasteiger partial charge in [-0.15, -0.1) is 0 Å². The fourth-order valence-electron chi connectivity index (χ4n) is 7.09. The number of nitrogens with one attached hydrogen (secondary N) is 6. The summed E-state index contributed by atoms with van der Waals surface area (Å²) in [6, 6.07) is 23.6. The molecule has 1 saturated heterocycles.